The number of carbonyl (C=O) groups excluding carboxylic acids is 7. The van der Waals surface area contributed by atoms with Crippen molar-refractivity contribution in [2.24, 2.45) is 0 Å². The molecule has 0 saturated heterocycles. The number of hydrogen-bond acceptors (Lipinski definition) is 12. The molecule has 0 bridgehead atoms. The van der Waals surface area contributed by atoms with Crippen molar-refractivity contribution in [1.29, 1.82) is 0 Å². The molecule has 3 atom stereocenters. The van der Waals surface area contributed by atoms with Crippen molar-refractivity contribution in [3.05, 3.63) is 39.9 Å². The molecule has 266 valence electrons. The summed E-state index contributed by atoms with van der Waals surface area (Å²) >= 11 is 0. The van der Waals surface area contributed by atoms with Crippen LogP contribution in [0.15, 0.2) is 24.3 Å². The van der Waals surface area contributed by atoms with Crippen LogP contribution >= 0.6 is 0 Å². The van der Waals surface area contributed by atoms with Crippen LogP contribution in [-0.4, -0.2) is 83.5 Å². The van der Waals surface area contributed by atoms with E-state index in [1.165, 1.54) is 31.2 Å². The average Bonchev–Trinajstić information content (AvgIpc) is 2.99. The van der Waals surface area contributed by atoms with E-state index in [0.29, 0.717) is 5.56 Å². The van der Waals surface area contributed by atoms with Crippen LogP contribution in [0.3, 0.4) is 0 Å². The van der Waals surface area contributed by atoms with Gasteiger partial charge < -0.3 is 30.2 Å². The number of benzene rings is 1. The molecule has 0 spiro atoms. The predicted molar refractivity (Wildman–Crippen MR) is 168 cm³/mol. The molecule has 1 aromatic rings. The molecule has 0 fully saturated rings. The van der Waals surface area contributed by atoms with Crippen molar-refractivity contribution >= 4 is 47.3 Å². The number of hydrogen-bond donors (Lipinski definition) is 5. The van der Waals surface area contributed by atoms with Gasteiger partial charge in [-0.3, -0.25) is 44.3 Å². The summed E-state index contributed by atoms with van der Waals surface area (Å²) in [7, 11) is 0. The summed E-state index contributed by atoms with van der Waals surface area (Å²) in [6, 6.07) is 1.13. The van der Waals surface area contributed by atoms with E-state index in [0.717, 1.165) is 0 Å². The number of carbonyl (C=O) groups is 7. The van der Waals surface area contributed by atoms with E-state index in [1.54, 1.807) is 34.6 Å². The second-order valence-corrected chi connectivity index (χ2v) is 11.3. The summed E-state index contributed by atoms with van der Waals surface area (Å²) < 4.78 is 14.9. The number of esters is 2. The van der Waals surface area contributed by atoms with Crippen LogP contribution in [0.25, 0.3) is 0 Å². The van der Waals surface area contributed by atoms with Crippen LogP contribution < -0.4 is 26.8 Å². The number of ether oxygens (including phenoxy) is 3. The van der Waals surface area contributed by atoms with Crippen molar-refractivity contribution in [3.8, 4) is 0 Å². The first-order valence-corrected chi connectivity index (χ1v) is 15.2. The molecule has 0 aliphatic carbocycles. The average molecular weight is 681 g/mol. The van der Waals surface area contributed by atoms with Crippen LogP contribution in [0.1, 0.15) is 72.8 Å². The lowest BCUT2D eigenvalue weighted by molar-refractivity contribution is -0.384. The summed E-state index contributed by atoms with van der Waals surface area (Å²) in [5, 5.41) is 18.4. The lowest BCUT2D eigenvalue weighted by atomic mass is 10.0. The Hall–Kier alpha value is -5.29. The van der Waals surface area contributed by atoms with Crippen LogP contribution in [0, 0.1) is 10.1 Å². The Morgan fingerprint density at radius 2 is 1.23 bits per heavy atom. The SMILES string of the molecule is CCOC(=O)CC[C@H](NC(=O)[C@H](CCC(=O)OCC)NC(=O)[C@@H](Cc1ccc([N+](=O)[O-])cc1)NC(C)=O)C(=O)NNC(=O)OC(C)(C)C. The van der Waals surface area contributed by atoms with E-state index in [2.05, 4.69) is 26.8 Å². The first-order valence-electron chi connectivity index (χ1n) is 15.2. The molecule has 0 saturated carbocycles. The van der Waals surface area contributed by atoms with Gasteiger partial charge in [0.2, 0.25) is 17.7 Å². The van der Waals surface area contributed by atoms with Crippen molar-refractivity contribution in [2.75, 3.05) is 13.2 Å². The normalized spacial score (nSPS) is 12.6. The molecular formula is C30H44N6O12. The Morgan fingerprint density at radius 3 is 1.67 bits per heavy atom. The van der Waals surface area contributed by atoms with Crippen LogP contribution in [0.4, 0.5) is 10.5 Å². The van der Waals surface area contributed by atoms with E-state index in [-0.39, 0.29) is 51.0 Å². The highest BCUT2D eigenvalue weighted by molar-refractivity contribution is 5.94. The van der Waals surface area contributed by atoms with Gasteiger partial charge in [-0.05, 0) is 53.0 Å². The van der Waals surface area contributed by atoms with Gasteiger partial charge in [-0.1, -0.05) is 12.1 Å². The van der Waals surface area contributed by atoms with E-state index >= 15 is 0 Å². The molecule has 0 heterocycles. The summed E-state index contributed by atoms with van der Waals surface area (Å²) in [6.07, 6.45) is -2.31. The molecule has 1 aromatic carbocycles. The highest BCUT2D eigenvalue weighted by Crippen LogP contribution is 2.14. The molecule has 5 amide bonds. The third-order valence-corrected chi connectivity index (χ3v) is 6.12. The van der Waals surface area contributed by atoms with E-state index in [4.69, 9.17) is 14.2 Å². The molecular weight excluding hydrogens is 636 g/mol. The first kappa shape index (κ1) is 40.7. The molecule has 18 heteroatoms. The Bertz CT molecular complexity index is 1310. The number of nitrogens with one attached hydrogen (secondary N) is 5. The summed E-state index contributed by atoms with van der Waals surface area (Å²) in [5.74, 6) is -4.65. The zero-order valence-corrected chi connectivity index (χ0v) is 27.8. The van der Waals surface area contributed by atoms with Gasteiger partial charge in [-0.2, -0.15) is 0 Å². The zero-order valence-electron chi connectivity index (χ0n) is 27.8. The molecule has 0 aromatic heterocycles. The molecule has 48 heavy (non-hydrogen) atoms. The molecule has 1 rings (SSSR count). The fraction of sp³-hybridized carbons (Fsp3) is 0.567. The fourth-order valence-electron chi connectivity index (χ4n) is 4.02. The van der Waals surface area contributed by atoms with Gasteiger partial charge in [0.05, 0.1) is 18.1 Å². The van der Waals surface area contributed by atoms with Crippen molar-refractivity contribution < 1.29 is 52.7 Å². The quantitative estimate of drug-likeness (QED) is 0.0665. The third kappa shape index (κ3) is 16.3. The highest BCUT2D eigenvalue weighted by Gasteiger charge is 2.31. The van der Waals surface area contributed by atoms with Gasteiger partial charge >= 0.3 is 18.0 Å². The van der Waals surface area contributed by atoms with Crippen LogP contribution in [0.2, 0.25) is 0 Å². The van der Waals surface area contributed by atoms with Gasteiger partial charge in [0, 0.05) is 38.3 Å². The minimum absolute atomic E-state index is 0.0582. The maximum absolute atomic E-state index is 13.5. The van der Waals surface area contributed by atoms with Crippen LogP contribution in [-0.2, 0) is 49.4 Å². The Morgan fingerprint density at radius 1 is 0.750 bits per heavy atom. The van der Waals surface area contributed by atoms with Gasteiger partial charge in [0.15, 0.2) is 0 Å². The molecule has 0 radical (unpaired) electrons. The second-order valence-electron chi connectivity index (χ2n) is 11.3. The summed E-state index contributed by atoms with van der Waals surface area (Å²) in [4.78, 5) is 98.5. The molecule has 18 nitrogen and oxygen atoms in total. The smallest absolute Gasteiger partial charge is 0.426 e. The summed E-state index contributed by atoms with van der Waals surface area (Å²) in [5.41, 5.74) is 3.55. The van der Waals surface area contributed by atoms with Gasteiger partial charge in [0.1, 0.15) is 23.7 Å². The fourth-order valence-corrected chi connectivity index (χ4v) is 4.02. The maximum atomic E-state index is 13.5. The lowest BCUT2D eigenvalue weighted by Crippen LogP contribution is -2.58. The molecule has 5 N–H and O–H groups in total. The standard InChI is InChI=1S/C30H44N6O12/c1-7-46-24(38)15-13-21(32-27(41)23(31-18(3)37)17-19-9-11-20(12-10-19)36(44)45)26(40)33-22(14-16-25(39)47-8-2)28(42)34-35-29(43)48-30(4,5)6/h9-12,21-23H,7-8,13-17H2,1-6H3,(H,31,37)(H,32,41)(H,33,40)(H,34,42)(H,35,43)/t21-,22-,23+/m0/s1. The summed E-state index contributed by atoms with van der Waals surface area (Å²) in [6.45, 7) is 9.26. The van der Waals surface area contributed by atoms with Crippen LogP contribution in [0.5, 0.6) is 0 Å². The number of nitro groups is 1. The minimum Gasteiger partial charge on any atom is -0.466 e. The van der Waals surface area contributed by atoms with Crippen molar-refractivity contribution in [2.45, 2.75) is 97.4 Å². The third-order valence-electron chi connectivity index (χ3n) is 6.12. The molecule has 0 aliphatic rings. The van der Waals surface area contributed by atoms with E-state index in [1.807, 2.05) is 0 Å². The number of rotatable bonds is 17. The number of non-ortho nitro benzene ring substituents is 1. The Balaban J connectivity index is 3.25. The number of hydrazine groups is 1. The van der Waals surface area contributed by atoms with Gasteiger partial charge in [-0.15, -0.1) is 0 Å². The Kier molecular flexibility index (Phi) is 17.0. The largest absolute Gasteiger partial charge is 0.466 e. The van der Waals surface area contributed by atoms with Gasteiger partial charge in [-0.25, -0.2) is 10.2 Å². The number of amides is 5. The highest BCUT2D eigenvalue weighted by atomic mass is 16.6. The maximum Gasteiger partial charge on any atom is 0.426 e. The monoisotopic (exact) mass is 680 g/mol. The van der Waals surface area contributed by atoms with Crippen molar-refractivity contribution in [3.63, 3.8) is 0 Å². The van der Waals surface area contributed by atoms with E-state index in [9.17, 15) is 43.7 Å². The Labute approximate surface area is 277 Å². The van der Waals surface area contributed by atoms with E-state index < -0.39 is 70.3 Å². The minimum atomic E-state index is -1.45. The lowest BCUT2D eigenvalue weighted by Gasteiger charge is -2.25. The topological polar surface area (TPSA) is 250 Å². The number of nitrogens with zero attached hydrogens (tertiary/aromatic N) is 1. The van der Waals surface area contributed by atoms with Gasteiger partial charge in [0.25, 0.3) is 11.6 Å². The zero-order chi connectivity index (χ0) is 36.4. The van der Waals surface area contributed by atoms with Crippen molar-refractivity contribution in [1.82, 2.24) is 26.8 Å². The number of nitro benzene ring substituents is 1. The molecule has 0 aliphatic heterocycles. The molecule has 0 unspecified atom stereocenters. The predicted octanol–water partition coefficient (Wildman–Crippen LogP) is 0.854. The second kappa shape index (κ2) is 20.1. The first-order chi connectivity index (χ1) is 22.4.